The molecule has 2 heterocycles. The number of hydrogen-bond donors (Lipinski definition) is 1. The van der Waals surface area contributed by atoms with Crippen LogP contribution in [0.2, 0.25) is 5.02 Å². The number of thioether (sulfide) groups is 1. The maximum absolute atomic E-state index is 12.9. The average molecular weight is 455 g/mol. The van der Waals surface area contributed by atoms with E-state index < -0.39 is 0 Å². The Morgan fingerprint density at radius 1 is 1.13 bits per heavy atom. The van der Waals surface area contributed by atoms with Crippen molar-refractivity contribution in [1.29, 1.82) is 0 Å². The number of rotatable bonds is 7. The van der Waals surface area contributed by atoms with Gasteiger partial charge in [0.2, 0.25) is 5.91 Å². The van der Waals surface area contributed by atoms with Crippen molar-refractivity contribution in [3.8, 4) is 11.3 Å². The van der Waals surface area contributed by atoms with Gasteiger partial charge in [-0.1, -0.05) is 35.9 Å². The van der Waals surface area contributed by atoms with Gasteiger partial charge in [0, 0.05) is 28.6 Å². The van der Waals surface area contributed by atoms with E-state index in [9.17, 15) is 9.59 Å². The predicted octanol–water partition coefficient (Wildman–Crippen LogP) is 3.74. The van der Waals surface area contributed by atoms with Crippen molar-refractivity contribution in [2.24, 2.45) is 0 Å². The van der Waals surface area contributed by atoms with Crippen molar-refractivity contribution in [3.63, 3.8) is 0 Å². The molecule has 160 valence electrons. The molecule has 2 amide bonds. The second-order valence-electron chi connectivity index (χ2n) is 7.32. The topological polar surface area (TPSA) is 67.2 Å². The molecule has 8 heteroatoms. The van der Waals surface area contributed by atoms with E-state index in [0.717, 1.165) is 17.7 Å². The smallest absolute Gasteiger partial charge is 0.272 e. The molecule has 2 aromatic carbocycles. The van der Waals surface area contributed by atoms with Gasteiger partial charge in [-0.15, -0.1) is 11.8 Å². The highest BCUT2D eigenvalue weighted by Crippen LogP contribution is 2.23. The number of halogens is 1. The second kappa shape index (κ2) is 9.58. The molecule has 0 fully saturated rings. The van der Waals surface area contributed by atoms with Crippen molar-refractivity contribution in [3.05, 3.63) is 70.9 Å². The van der Waals surface area contributed by atoms with Gasteiger partial charge in [-0.2, -0.15) is 5.10 Å². The molecule has 0 saturated heterocycles. The lowest BCUT2D eigenvalue weighted by atomic mass is 10.1. The van der Waals surface area contributed by atoms with Crippen LogP contribution >= 0.6 is 23.4 Å². The Labute approximate surface area is 190 Å². The van der Waals surface area contributed by atoms with Crippen LogP contribution < -0.4 is 5.32 Å². The predicted molar refractivity (Wildman–Crippen MR) is 124 cm³/mol. The summed E-state index contributed by atoms with van der Waals surface area (Å²) in [6.45, 7) is 1.60. The van der Waals surface area contributed by atoms with E-state index in [1.54, 1.807) is 39.5 Å². The zero-order chi connectivity index (χ0) is 21.8. The Hall–Kier alpha value is -2.77. The van der Waals surface area contributed by atoms with Crippen LogP contribution in [0.1, 0.15) is 16.1 Å². The SMILES string of the molecule is CSc1ccc(CCNC(=O)CN2CCn3nc(-c4ccc(Cl)cc4)cc3C2=O)cc1. The normalized spacial score (nSPS) is 13.2. The van der Waals surface area contributed by atoms with E-state index in [-0.39, 0.29) is 18.4 Å². The zero-order valence-corrected chi connectivity index (χ0v) is 18.7. The Bertz CT molecular complexity index is 1080. The first-order chi connectivity index (χ1) is 15.0. The molecule has 0 saturated carbocycles. The Kier molecular flexibility index (Phi) is 6.63. The van der Waals surface area contributed by atoms with E-state index in [0.29, 0.717) is 30.4 Å². The molecule has 0 spiro atoms. The van der Waals surface area contributed by atoms with Gasteiger partial charge >= 0.3 is 0 Å². The van der Waals surface area contributed by atoms with Crippen LogP contribution in [0.15, 0.2) is 59.5 Å². The lowest BCUT2D eigenvalue weighted by Crippen LogP contribution is -2.46. The maximum Gasteiger partial charge on any atom is 0.272 e. The number of amides is 2. The molecule has 1 aliphatic rings. The number of carbonyl (C=O) groups is 2. The number of aromatic nitrogens is 2. The van der Waals surface area contributed by atoms with Gasteiger partial charge in [0.25, 0.3) is 5.91 Å². The molecule has 6 nitrogen and oxygen atoms in total. The Morgan fingerprint density at radius 3 is 2.58 bits per heavy atom. The van der Waals surface area contributed by atoms with Gasteiger partial charge in [0.1, 0.15) is 5.69 Å². The lowest BCUT2D eigenvalue weighted by molar-refractivity contribution is -0.121. The first-order valence-electron chi connectivity index (χ1n) is 10.1. The molecule has 31 heavy (non-hydrogen) atoms. The summed E-state index contributed by atoms with van der Waals surface area (Å²) in [6, 6.07) is 17.4. The molecule has 4 rings (SSSR count). The lowest BCUT2D eigenvalue weighted by Gasteiger charge is -2.26. The summed E-state index contributed by atoms with van der Waals surface area (Å²) in [5, 5.41) is 8.10. The highest BCUT2D eigenvalue weighted by molar-refractivity contribution is 7.98. The van der Waals surface area contributed by atoms with Crippen LogP contribution in [-0.4, -0.2) is 52.4 Å². The number of carbonyl (C=O) groups excluding carboxylic acids is 2. The van der Waals surface area contributed by atoms with Gasteiger partial charge in [0.15, 0.2) is 0 Å². The van der Waals surface area contributed by atoms with Gasteiger partial charge in [-0.05, 0) is 48.6 Å². The van der Waals surface area contributed by atoms with E-state index in [1.807, 2.05) is 18.4 Å². The molecule has 1 aliphatic heterocycles. The van der Waals surface area contributed by atoms with Crippen molar-refractivity contribution < 1.29 is 9.59 Å². The van der Waals surface area contributed by atoms with Crippen LogP contribution in [0.4, 0.5) is 0 Å². The van der Waals surface area contributed by atoms with E-state index in [4.69, 9.17) is 11.6 Å². The van der Waals surface area contributed by atoms with E-state index in [1.165, 1.54) is 10.5 Å². The molecule has 0 unspecified atom stereocenters. The summed E-state index contributed by atoms with van der Waals surface area (Å²) in [6.07, 6.45) is 2.80. The molecule has 0 aliphatic carbocycles. The Balaban J connectivity index is 1.32. The van der Waals surface area contributed by atoms with E-state index >= 15 is 0 Å². The molecule has 1 N–H and O–H groups in total. The van der Waals surface area contributed by atoms with Crippen molar-refractivity contribution >= 4 is 35.2 Å². The zero-order valence-electron chi connectivity index (χ0n) is 17.2. The highest BCUT2D eigenvalue weighted by atomic mass is 35.5. The van der Waals surface area contributed by atoms with Gasteiger partial charge < -0.3 is 10.2 Å². The van der Waals surface area contributed by atoms with Crippen molar-refractivity contribution in [2.45, 2.75) is 17.9 Å². The standard InChI is InChI=1S/C23H23ClN4O2S/c1-31-19-8-2-16(3-9-19)10-11-25-22(29)15-27-12-13-28-21(23(27)30)14-20(26-28)17-4-6-18(24)7-5-17/h2-9,14H,10-13,15H2,1H3,(H,25,29). The van der Waals surface area contributed by atoms with E-state index in [2.05, 4.69) is 34.7 Å². The summed E-state index contributed by atoms with van der Waals surface area (Å²) in [4.78, 5) is 28.0. The minimum Gasteiger partial charge on any atom is -0.354 e. The van der Waals surface area contributed by atoms with Crippen LogP contribution in [0.5, 0.6) is 0 Å². The summed E-state index contributed by atoms with van der Waals surface area (Å²) < 4.78 is 1.71. The summed E-state index contributed by atoms with van der Waals surface area (Å²) in [7, 11) is 0. The van der Waals surface area contributed by atoms with Crippen LogP contribution in [0.25, 0.3) is 11.3 Å². The summed E-state index contributed by atoms with van der Waals surface area (Å²) in [5.41, 5.74) is 3.29. The molecule has 0 bridgehead atoms. The molecule has 3 aromatic rings. The summed E-state index contributed by atoms with van der Waals surface area (Å²) in [5.74, 6) is -0.332. The van der Waals surface area contributed by atoms with Crippen LogP contribution in [-0.2, 0) is 17.8 Å². The van der Waals surface area contributed by atoms with Crippen molar-refractivity contribution in [1.82, 2.24) is 20.0 Å². The molecule has 0 atom stereocenters. The third-order valence-electron chi connectivity index (χ3n) is 5.24. The molecule has 1 aromatic heterocycles. The first-order valence-corrected chi connectivity index (χ1v) is 11.7. The van der Waals surface area contributed by atoms with Crippen molar-refractivity contribution in [2.75, 3.05) is 25.9 Å². The average Bonchev–Trinajstić information content (AvgIpc) is 3.22. The van der Waals surface area contributed by atoms with Gasteiger partial charge in [-0.3, -0.25) is 14.3 Å². The Morgan fingerprint density at radius 2 is 1.87 bits per heavy atom. The second-order valence-corrected chi connectivity index (χ2v) is 8.64. The largest absolute Gasteiger partial charge is 0.354 e. The third-order valence-corrected chi connectivity index (χ3v) is 6.23. The van der Waals surface area contributed by atoms with Crippen LogP contribution in [0, 0.1) is 0 Å². The number of nitrogens with one attached hydrogen (secondary N) is 1. The first kappa shape index (κ1) is 21.5. The minimum absolute atomic E-state index is 0.0473. The minimum atomic E-state index is -0.179. The molecular formula is C23H23ClN4O2S. The number of hydrogen-bond acceptors (Lipinski definition) is 4. The fraction of sp³-hybridized carbons (Fsp3) is 0.261. The fourth-order valence-electron chi connectivity index (χ4n) is 3.52. The number of benzene rings is 2. The molecule has 0 radical (unpaired) electrons. The van der Waals surface area contributed by atoms with Gasteiger partial charge in [-0.25, -0.2) is 0 Å². The number of fused-ring (bicyclic) bond motifs is 1. The number of nitrogens with zero attached hydrogens (tertiary/aromatic N) is 3. The maximum atomic E-state index is 12.9. The third kappa shape index (κ3) is 5.11. The highest BCUT2D eigenvalue weighted by Gasteiger charge is 2.28. The quantitative estimate of drug-likeness (QED) is 0.552. The van der Waals surface area contributed by atoms with Crippen LogP contribution in [0.3, 0.4) is 0 Å². The summed E-state index contributed by atoms with van der Waals surface area (Å²) >= 11 is 7.65. The fourth-order valence-corrected chi connectivity index (χ4v) is 4.05. The molecular weight excluding hydrogens is 432 g/mol. The van der Waals surface area contributed by atoms with Gasteiger partial charge in [0.05, 0.1) is 18.8 Å². The monoisotopic (exact) mass is 454 g/mol.